The van der Waals surface area contributed by atoms with Crippen LogP contribution in [-0.2, 0) is 5.41 Å². The molecule has 1 aliphatic carbocycles. The van der Waals surface area contributed by atoms with Crippen LogP contribution in [0.2, 0.25) is 5.02 Å². The second-order valence-corrected chi connectivity index (χ2v) is 8.07. The topological polar surface area (TPSA) is 68.4 Å². The number of carbonyl (C=O) groups is 1. The van der Waals surface area contributed by atoms with Crippen LogP contribution in [0.4, 0.5) is 0 Å². The van der Waals surface area contributed by atoms with Gasteiger partial charge in [0, 0.05) is 41.5 Å². The average Bonchev–Trinajstić information content (AvgIpc) is 3.01. The molecule has 134 valence electrons. The molecule has 2 aromatic rings. The van der Waals surface area contributed by atoms with Crippen LogP contribution in [0, 0.1) is 5.92 Å². The minimum Gasteiger partial charge on any atom is -0.369 e. The molecule has 3 N–H and O–H groups in total. The summed E-state index contributed by atoms with van der Waals surface area (Å²) in [6, 6.07) is 8.00. The summed E-state index contributed by atoms with van der Waals surface area (Å²) in [5.41, 5.74) is 4.35. The normalized spacial score (nSPS) is 28.9. The molecule has 1 saturated carbocycles. The first-order valence-electron chi connectivity index (χ1n) is 8.87. The van der Waals surface area contributed by atoms with Gasteiger partial charge in [-0.3, -0.25) is 4.79 Å². The molecule has 5 nitrogen and oxygen atoms in total. The maximum atomic E-state index is 13.2. The summed E-state index contributed by atoms with van der Waals surface area (Å²) in [6.07, 6.45) is 3.74. The number of allylic oxidation sites excluding steroid dienone is 1. The number of likely N-dealkylation sites (tertiary alicyclic amines) is 1. The Morgan fingerprint density at radius 2 is 2.12 bits per heavy atom. The SMILES string of the molecule is CC1=CNC(O)c2c(C(=O)N3CC4CC4(c4ccc(Cl)cc4)C3)c[nH]c21. The van der Waals surface area contributed by atoms with E-state index >= 15 is 0 Å². The van der Waals surface area contributed by atoms with Crippen molar-refractivity contribution in [2.45, 2.75) is 25.0 Å². The second kappa shape index (κ2) is 5.38. The number of amides is 1. The number of fused-ring (bicyclic) bond motifs is 2. The number of aliphatic hydroxyl groups excluding tert-OH is 1. The van der Waals surface area contributed by atoms with E-state index in [1.54, 1.807) is 12.4 Å². The van der Waals surface area contributed by atoms with Gasteiger partial charge < -0.3 is 20.3 Å². The summed E-state index contributed by atoms with van der Waals surface area (Å²) in [4.78, 5) is 18.2. The summed E-state index contributed by atoms with van der Waals surface area (Å²) in [7, 11) is 0. The van der Waals surface area contributed by atoms with Crippen LogP contribution in [0.5, 0.6) is 0 Å². The largest absolute Gasteiger partial charge is 0.369 e. The molecule has 1 saturated heterocycles. The first kappa shape index (κ1) is 16.0. The fourth-order valence-electron chi connectivity index (χ4n) is 4.62. The van der Waals surface area contributed by atoms with E-state index in [1.165, 1.54) is 5.56 Å². The quantitative estimate of drug-likeness (QED) is 0.762. The number of nitrogens with zero attached hydrogens (tertiary/aromatic N) is 1. The molecule has 5 rings (SSSR count). The molecule has 1 aromatic carbocycles. The molecule has 3 unspecified atom stereocenters. The molecule has 0 bridgehead atoms. The Balaban J connectivity index is 1.42. The highest BCUT2D eigenvalue weighted by Gasteiger charge is 2.61. The van der Waals surface area contributed by atoms with Crippen molar-refractivity contribution < 1.29 is 9.90 Å². The van der Waals surface area contributed by atoms with E-state index in [9.17, 15) is 9.90 Å². The van der Waals surface area contributed by atoms with Crippen LogP contribution in [0.25, 0.3) is 5.57 Å². The number of aromatic amines is 1. The average molecular weight is 370 g/mol. The van der Waals surface area contributed by atoms with Crippen molar-refractivity contribution >= 4 is 23.1 Å². The fourth-order valence-corrected chi connectivity index (χ4v) is 4.74. The standard InChI is InChI=1S/C20H20ClN3O2/c1-11-7-23-18(25)16-15(8-22-17(11)16)19(26)24-9-13-6-20(13,10-24)12-2-4-14(21)5-3-12/h2-5,7-8,13,18,22-23,25H,6,9-10H2,1H3. The summed E-state index contributed by atoms with van der Waals surface area (Å²) < 4.78 is 0. The first-order chi connectivity index (χ1) is 12.5. The second-order valence-electron chi connectivity index (χ2n) is 7.64. The molecule has 1 amide bonds. The maximum absolute atomic E-state index is 13.2. The van der Waals surface area contributed by atoms with Crippen molar-refractivity contribution in [2.75, 3.05) is 13.1 Å². The van der Waals surface area contributed by atoms with Gasteiger partial charge in [0.05, 0.1) is 11.3 Å². The van der Waals surface area contributed by atoms with Gasteiger partial charge in [0.25, 0.3) is 5.91 Å². The van der Waals surface area contributed by atoms with Gasteiger partial charge in [0.1, 0.15) is 0 Å². The fraction of sp³-hybridized carbons (Fsp3) is 0.350. The van der Waals surface area contributed by atoms with E-state index in [0.717, 1.165) is 35.8 Å². The van der Waals surface area contributed by atoms with Crippen LogP contribution in [-0.4, -0.2) is 34.0 Å². The molecule has 2 fully saturated rings. The van der Waals surface area contributed by atoms with E-state index in [2.05, 4.69) is 22.4 Å². The number of benzene rings is 1. The van der Waals surface area contributed by atoms with Crippen molar-refractivity contribution in [1.29, 1.82) is 0 Å². The number of hydrogen-bond acceptors (Lipinski definition) is 3. The third-order valence-corrected chi connectivity index (χ3v) is 6.38. The van der Waals surface area contributed by atoms with Gasteiger partial charge in [-0.15, -0.1) is 0 Å². The smallest absolute Gasteiger partial charge is 0.255 e. The van der Waals surface area contributed by atoms with Gasteiger partial charge in [-0.2, -0.15) is 0 Å². The predicted molar refractivity (Wildman–Crippen MR) is 99.7 cm³/mol. The number of piperidine rings is 1. The lowest BCUT2D eigenvalue weighted by Crippen LogP contribution is -2.34. The van der Waals surface area contributed by atoms with Crippen molar-refractivity contribution in [3.05, 3.63) is 64.1 Å². The van der Waals surface area contributed by atoms with Crippen LogP contribution in [0.3, 0.4) is 0 Å². The minimum absolute atomic E-state index is 0.0152. The van der Waals surface area contributed by atoms with Gasteiger partial charge >= 0.3 is 0 Å². The highest BCUT2D eigenvalue weighted by Crippen LogP contribution is 2.59. The Morgan fingerprint density at radius 1 is 1.35 bits per heavy atom. The molecule has 3 aliphatic rings. The van der Waals surface area contributed by atoms with Crippen LogP contribution >= 0.6 is 11.6 Å². The van der Waals surface area contributed by atoms with Crippen molar-refractivity contribution in [2.24, 2.45) is 5.92 Å². The minimum atomic E-state index is -0.860. The third-order valence-electron chi connectivity index (χ3n) is 6.13. The zero-order chi connectivity index (χ0) is 18.1. The van der Waals surface area contributed by atoms with E-state index in [4.69, 9.17) is 11.6 Å². The predicted octanol–water partition coefficient (Wildman–Crippen LogP) is 3.04. The van der Waals surface area contributed by atoms with Crippen molar-refractivity contribution in [3.8, 4) is 0 Å². The lowest BCUT2D eigenvalue weighted by atomic mass is 9.95. The third kappa shape index (κ3) is 2.17. The Morgan fingerprint density at radius 3 is 2.88 bits per heavy atom. The number of aromatic nitrogens is 1. The van der Waals surface area contributed by atoms with Gasteiger partial charge in [-0.25, -0.2) is 0 Å². The van der Waals surface area contributed by atoms with Crippen LogP contribution in [0.15, 0.2) is 36.7 Å². The summed E-state index contributed by atoms with van der Waals surface area (Å²) in [5, 5.41) is 13.9. The number of aliphatic hydroxyl groups is 1. The summed E-state index contributed by atoms with van der Waals surface area (Å²) >= 11 is 6.01. The van der Waals surface area contributed by atoms with Gasteiger partial charge in [-0.1, -0.05) is 23.7 Å². The molecule has 0 spiro atoms. The molecule has 0 radical (unpaired) electrons. The summed E-state index contributed by atoms with van der Waals surface area (Å²) in [6.45, 7) is 3.43. The zero-order valence-electron chi connectivity index (χ0n) is 14.4. The number of nitrogens with one attached hydrogen (secondary N) is 2. The zero-order valence-corrected chi connectivity index (χ0v) is 15.2. The first-order valence-corrected chi connectivity index (χ1v) is 9.25. The van der Waals surface area contributed by atoms with Gasteiger partial charge in [-0.05, 0) is 42.5 Å². The molecule has 6 heteroatoms. The molecule has 3 heterocycles. The van der Waals surface area contributed by atoms with Gasteiger partial charge in [0.15, 0.2) is 6.23 Å². The van der Waals surface area contributed by atoms with Crippen molar-refractivity contribution in [3.63, 3.8) is 0 Å². The van der Waals surface area contributed by atoms with Gasteiger partial charge in [0.2, 0.25) is 0 Å². The molecule has 26 heavy (non-hydrogen) atoms. The van der Waals surface area contributed by atoms with Crippen LogP contribution in [0.1, 0.15) is 46.8 Å². The number of H-pyrrole nitrogens is 1. The highest BCUT2D eigenvalue weighted by molar-refractivity contribution is 6.30. The van der Waals surface area contributed by atoms with Crippen LogP contribution < -0.4 is 5.32 Å². The monoisotopic (exact) mass is 369 g/mol. The Kier molecular flexibility index (Phi) is 3.30. The summed E-state index contributed by atoms with van der Waals surface area (Å²) in [5.74, 6) is 0.491. The van der Waals surface area contributed by atoms with E-state index in [0.29, 0.717) is 17.0 Å². The Bertz CT molecular complexity index is 933. The molecule has 3 atom stereocenters. The number of carbonyl (C=O) groups excluding carboxylic acids is 1. The molecule has 1 aromatic heterocycles. The lowest BCUT2D eigenvalue weighted by Gasteiger charge is -2.24. The lowest BCUT2D eigenvalue weighted by molar-refractivity contribution is 0.0762. The Hall–Kier alpha value is -2.24. The van der Waals surface area contributed by atoms with Crippen molar-refractivity contribution in [1.82, 2.24) is 15.2 Å². The van der Waals surface area contributed by atoms with E-state index in [-0.39, 0.29) is 11.3 Å². The highest BCUT2D eigenvalue weighted by atomic mass is 35.5. The maximum Gasteiger partial charge on any atom is 0.255 e. The Labute approximate surface area is 156 Å². The van der Waals surface area contributed by atoms with E-state index < -0.39 is 6.23 Å². The number of rotatable bonds is 2. The molecule has 2 aliphatic heterocycles. The molecular formula is C20H20ClN3O2. The number of halogens is 1. The van der Waals surface area contributed by atoms with E-state index in [1.807, 2.05) is 24.0 Å². The number of hydrogen-bond donors (Lipinski definition) is 3. The molecular weight excluding hydrogens is 350 g/mol.